The van der Waals surface area contributed by atoms with Crippen molar-refractivity contribution in [2.45, 2.75) is 0 Å². The van der Waals surface area contributed by atoms with Crippen molar-refractivity contribution in [3.63, 3.8) is 0 Å². The van der Waals surface area contributed by atoms with E-state index in [2.05, 4.69) is 142 Å². The van der Waals surface area contributed by atoms with Gasteiger partial charge in [-0.3, -0.25) is 0 Å². The number of para-hydroxylation sites is 1. The maximum Gasteiger partial charge on any atom is 0.0468 e. The molecule has 33 heavy (non-hydrogen) atoms. The topological polar surface area (TPSA) is 3.24 Å². The van der Waals surface area contributed by atoms with Crippen LogP contribution in [0.25, 0.3) is 31.3 Å². The number of nitrogens with zero attached hydrogens (tertiary/aromatic N) is 1. The Morgan fingerprint density at radius 3 is 1.82 bits per heavy atom. The highest BCUT2D eigenvalue weighted by molar-refractivity contribution is 9.10. The summed E-state index contributed by atoms with van der Waals surface area (Å²) in [6.07, 6.45) is 0. The van der Waals surface area contributed by atoms with Gasteiger partial charge in [0.05, 0.1) is 0 Å². The van der Waals surface area contributed by atoms with Crippen molar-refractivity contribution < 1.29 is 0 Å². The van der Waals surface area contributed by atoms with E-state index in [9.17, 15) is 0 Å². The molecule has 3 heteroatoms. The Balaban J connectivity index is 1.47. The number of fused-ring (bicyclic) bond motifs is 3. The maximum absolute atomic E-state index is 3.52. The molecule has 0 saturated carbocycles. The van der Waals surface area contributed by atoms with Crippen LogP contribution in [0.1, 0.15) is 0 Å². The van der Waals surface area contributed by atoms with Crippen LogP contribution in [0, 0.1) is 0 Å². The SMILES string of the molecule is Brc1ccc(-c2ccc(N(c3ccccc3)c3ccc4sc5ccccc5c4c3)cc2)cc1. The molecule has 1 nitrogen and oxygen atoms in total. The molecule has 0 radical (unpaired) electrons. The Kier molecular flexibility index (Phi) is 5.21. The van der Waals surface area contributed by atoms with Crippen molar-refractivity contribution >= 4 is 64.5 Å². The van der Waals surface area contributed by atoms with Crippen molar-refractivity contribution in [3.05, 3.63) is 126 Å². The van der Waals surface area contributed by atoms with E-state index in [0.29, 0.717) is 0 Å². The summed E-state index contributed by atoms with van der Waals surface area (Å²) in [5, 5.41) is 2.62. The summed E-state index contributed by atoms with van der Waals surface area (Å²) in [6, 6.07) is 43.3. The van der Waals surface area contributed by atoms with Gasteiger partial charge in [0.2, 0.25) is 0 Å². The monoisotopic (exact) mass is 505 g/mol. The van der Waals surface area contributed by atoms with Gasteiger partial charge in [0.15, 0.2) is 0 Å². The zero-order chi connectivity index (χ0) is 22.2. The van der Waals surface area contributed by atoms with Gasteiger partial charge in [-0.1, -0.05) is 76.6 Å². The van der Waals surface area contributed by atoms with Gasteiger partial charge >= 0.3 is 0 Å². The summed E-state index contributed by atoms with van der Waals surface area (Å²) < 4.78 is 3.74. The molecule has 1 heterocycles. The molecule has 0 saturated heterocycles. The van der Waals surface area contributed by atoms with Crippen LogP contribution >= 0.6 is 27.3 Å². The van der Waals surface area contributed by atoms with Crippen LogP contribution in [0.3, 0.4) is 0 Å². The molecule has 0 aliphatic heterocycles. The Labute approximate surface area is 205 Å². The van der Waals surface area contributed by atoms with Gasteiger partial charge in [0.1, 0.15) is 0 Å². The molecule has 0 spiro atoms. The average Bonchev–Trinajstić information content (AvgIpc) is 3.24. The Morgan fingerprint density at radius 2 is 1.06 bits per heavy atom. The highest BCUT2D eigenvalue weighted by Gasteiger charge is 2.14. The first-order chi connectivity index (χ1) is 16.3. The van der Waals surface area contributed by atoms with Gasteiger partial charge in [-0.15, -0.1) is 11.3 Å². The Bertz CT molecular complexity index is 1550. The lowest BCUT2D eigenvalue weighted by atomic mass is 10.0. The van der Waals surface area contributed by atoms with E-state index in [1.54, 1.807) is 0 Å². The summed E-state index contributed by atoms with van der Waals surface area (Å²) in [5.74, 6) is 0. The van der Waals surface area contributed by atoms with Gasteiger partial charge < -0.3 is 4.90 Å². The predicted octanol–water partition coefficient (Wildman–Crippen LogP) is 9.95. The molecule has 0 aliphatic rings. The van der Waals surface area contributed by atoms with E-state index in [1.807, 2.05) is 11.3 Å². The molecule has 1 aromatic heterocycles. The van der Waals surface area contributed by atoms with E-state index in [4.69, 9.17) is 0 Å². The van der Waals surface area contributed by atoms with Crippen molar-refractivity contribution in [2.75, 3.05) is 4.90 Å². The molecule has 0 N–H and O–H groups in total. The van der Waals surface area contributed by atoms with E-state index in [1.165, 1.54) is 31.3 Å². The summed E-state index contributed by atoms with van der Waals surface area (Å²) in [6.45, 7) is 0. The number of hydrogen-bond donors (Lipinski definition) is 0. The van der Waals surface area contributed by atoms with Crippen LogP contribution in [-0.2, 0) is 0 Å². The quantitative estimate of drug-likeness (QED) is 0.230. The van der Waals surface area contributed by atoms with Crippen LogP contribution < -0.4 is 4.90 Å². The van der Waals surface area contributed by atoms with Crippen LogP contribution in [0.4, 0.5) is 17.1 Å². The summed E-state index contributed by atoms with van der Waals surface area (Å²) in [7, 11) is 0. The first-order valence-corrected chi connectivity index (χ1v) is 12.5. The van der Waals surface area contributed by atoms with Crippen molar-refractivity contribution in [1.29, 1.82) is 0 Å². The van der Waals surface area contributed by atoms with Crippen molar-refractivity contribution in [1.82, 2.24) is 0 Å². The highest BCUT2D eigenvalue weighted by atomic mass is 79.9. The van der Waals surface area contributed by atoms with Gasteiger partial charge in [-0.2, -0.15) is 0 Å². The molecule has 0 unspecified atom stereocenters. The first-order valence-electron chi connectivity index (χ1n) is 10.9. The van der Waals surface area contributed by atoms with E-state index >= 15 is 0 Å². The van der Waals surface area contributed by atoms with Gasteiger partial charge in [-0.05, 0) is 71.8 Å². The first kappa shape index (κ1) is 20.2. The number of rotatable bonds is 4. The number of halogens is 1. The molecule has 0 bridgehead atoms. The lowest BCUT2D eigenvalue weighted by Crippen LogP contribution is -2.09. The van der Waals surface area contributed by atoms with E-state index < -0.39 is 0 Å². The van der Waals surface area contributed by atoms with Gasteiger partial charge in [-0.25, -0.2) is 0 Å². The third-order valence-electron chi connectivity index (χ3n) is 5.94. The van der Waals surface area contributed by atoms with Crippen molar-refractivity contribution in [3.8, 4) is 11.1 Å². The molecule has 0 fully saturated rings. The standard InChI is InChI=1S/C30H20BrNS/c31-23-14-10-21(11-15-23)22-12-16-25(17-13-22)32(24-6-2-1-3-7-24)26-18-19-30-28(20-26)27-8-4-5-9-29(27)33-30/h1-20H. The third kappa shape index (κ3) is 3.84. The molecule has 0 atom stereocenters. The molecule has 6 rings (SSSR count). The number of benzene rings is 5. The van der Waals surface area contributed by atoms with Crippen LogP contribution in [-0.4, -0.2) is 0 Å². The largest absolute Gasteiger partial charge is 0.310 e. The minimum Gasteiger partial charge on any atom is -0.310 e. The van der Waals surface area contributed by atoms with Crippen LogP contribution in [0.15, 0.2) is 126 Å². The summed E-state index contributed by atoms with van der Waals surface area (Å²) >= 11 is 5.38. The number of anilines is 3. The fraction of sp³-hybridized carbons (Fsp3) is 0. The molecule has 158 valence electrons. The molecular weight excluding hydrogens is 486 g/mol. The second-order valence-electron chi connectivity index (χ2n) is 8.00. The Hall–Kier alpha value is -3.40. The van der Waals surface area contributed by atoms with Crippen LogP contribution in [0.2, 0.25) is 0 Å². The zero-order valence-electron chi connectivity index (χ0n) is 17.8. The smallest absolute Gasteiger partial charge is 0.0468 e. The van der Waals surface area contributed by atoms with Crippen LogP contribution in [0.5, 0.6) is 0 Å². The lowest BCUT2D eigenvalue weighted by Gasteiger charge is -2.25. The second-order valence-corrected chi connectivity index (χ2v) is 10.0. The molecule has 0 amide bonds. The average molecular weight is 506 g/mol. The summed E-state index contributed by atoms with van der Waals surface area (Å²) in [4.78, 5) is 2.33. The molecule has 6 aromatic rings. The van der Waals surface area contributed by atoms with E-state index in [0.717, 1.165) is 21.5 Å². The number of hydrogen-bond acceptors (Lipinski definition) is 2. The Morgan fingerprint density at radius 1 is 0.485 bits per heavy atom. The molecule has 5 aromatic carbocycles. The molecular formula is C30H20BrNS. The highest BCUT2D eigenvalue weighted by Crippen LogP contribution is 2.40. The number of thiophene rings is 1. The minimum atomic E-state index is 1.09. The normalized spacial score (nSPS) is 11.2. The lowest BCUT2D eigenvalue weighted by molar-refractivity contribution is 1.29. The fourth-order valence-electron chi connectivity index (χ4n) is 4.32. The third-order valence-corrected chi connectivity index (χ3v) is 7.62. The summed E-state index contributed by atoms with van der Waals surface area (Å²) in [5.41, 5.74) is 5.86. The van der Waals surface area contributed by atoms with Gasteiger partial charge in [0.25, 0.3) is 0 Å². The van der Waals surface area contributed by atoms with E-state index in [-0.39, 0.29) is 0 Å². The second kappa shape index (κ2) is 8.51. The van der Waals surface area contributed by atoms with Gasteiger partial charge in [0, 0.05) is 41.7 Å². The minimum absolute atomic E-state index is 1.09. The fourth-order valence-corrected chi connectivity index (χ4v) is 5.67. The maximum atomic E-state index is 3.52. The predicted molar refractivity (Wildman–Crippen MR) is 147 cm³/mol. The zero-order valence-corrected chi connectivity index (χ0v) is 20.2. The molecule has 0 aliphatic carbocycles. The van der Waals surface area contributed by atoms with Crippen molar-refractivity contribution in [2.24, 2.45) is 0 Å².